The van der Waals surface area contributed by atoms with E-state index >= 15 is 0 Å². The summed E-state index contributed by atoms with van der Waals surface area (Å²) in [4.78, 5) is 10.4. The Morgan fingerprint density at radius 2 is 2.15 bits per heavy atom. The van der Waals surface area contributed by atoms with Gasteiger partial charge in [0, 0.05) is 0 Å². The molecule has 0 saturated carbocycles. The largest absolute Gasteiger partial charge is 1.00 e. The Morgan fingerprint density at radius 3 is 2.69 bits per heavy atom. The predicted molar refractivity (Wildman–Crippen MR) is 45.5 cm³/mol. The third-order valence-electron chi connectivity index (χ3n) is 1.48. The molecule has 0 amide bonds. The van der Waals surface area contributed by atoms with E-state index in [0.717, 1.165) is 5.56 Å². The Morgan fingerprint density at radius 1 is 1.46 bits per heavy atom. The Bertz CT molecular complexity index is 318. The molecule has 0 bridgehead atoms. The van der Waals surface area contributed by atoms with Crippen molar-refractivity contribution in [3.8, 4) is 0 Å². The molecule has 2 nitrogen and oxygen atoms in total. The maximum Gasteiger partial charge on any atom is 1.00 e. The number of aromatic carboxylic acids is 1. The molecule has 1 aromatic rings. The second-order valence-electron chi connectivity index (χ2n) is 2.41. The van der Waals surface area contributed by atoms with E-state index < -0.39 is 5.97 Å². The molecule has 0 atom stereocenters. The topological polar surface area (TPSA) is 40.1 Å². The van der Waals surface area contributed by atoms with Crippen LogP contribution in [0.2, 0.25) is 0 Å². The van der Waals surface area contributed by atoms with Crippen LogP contribution in [0.5, 0.6) is 0 Å². The summed E-state index contributed by atoms with van der Waals surface area (Å²) in [5.41, 5.74) is 1.09. The Hall–Kier alpha value is -0.570. The molecule has 0 aliphatic heterocycles. The van der Waals surface area contributed by atoms with Crippen LogP contribution in [0.4, 0.5) is 0 Å². The predicted octanol–water partition coefficient (Wildman–Crippen LogP) is -1.91. The molecule has 0 aliphatic rings. The number of hydrogen-bond donors (Lipinski definition) is 0. The second kappa shape index (κ2) is 5.97. The van der Waals surface area contributed by atoms with Crippen molar-refractivity contribution in [2.45, 2.75) is 6.92 Å². The van der Waals surface area contributed by atoms with E-state index in [1.165, 1.54) is 6.07 Å². The van der Waals surface area contributed by atoms with E-state index in [9.17, 15) is 9.90 Å². The third-order valence-corrected chi connectivity index (χ3v) is 1.48. The Kier molecular flexibility index (Phi) is 5.71. The van der Waals surface area contributed by atoms with Crippen molar-refractivity contribution in [1.82, 2.24) is 0 Å². The minimum absolute atomic E-state index is 0. The Balaban J connectivity index is 0.00000144. The number of benzene rings is 1. The molecule has 13 heavy (non-hydrogen) atoms. The molecule has 0 aliphatic carbocycles. The molecular weight excluding hydrogens is 175 g/mol. The first kappa shape index (κ1) is 12.4. The number of hydrogen-bond acceptors (Lipinski definition) is 2. The van der Waals surface area contributed by atoms with Gasteiger partial charge in [-0.2, -0.15) is 0 Å². The fourth-order valence-electron chi connectivity index (χ4n) is 0.962. The molecule has 0 fully saturated rings. The van der Waals surface area contributed by atoms with Crippen molar-refractivity contribution in [2.75, 3.05) is 0 Å². The first-order valence-electron chi connectivity index (χ1n) is 3.68. The van der Waals surface area contributed by atoms with Gasteiger partial charge < -0.3 is 9.90 Å². The van der Waals surface area contributed by atoms with Gasteiger partial charge in [-0.05, 0) is 24.1 Å². The van der Waals surface area contributed by atoms with Crippen LogP contribution >= 0.6 is 0 Å². The van der Waals surface area contributed by atoms with Gasteiger partial charge in [0.25, 0.3) is 0 Å². The van der Waals surface area contributed by atoms with Crippen LogP contribution in [0.1, 0.15) is 22.8 Å². The Labute approximate surface area is 99.6 Å². The van der Waals surface area contributed by atoms with Gasteiger partial charge in [0.1, 0.15) is 0 Å². The molecule has 0 radical (unpaired) electrons. The molecule has 62 valence electrons. The first-order valence-corrected chi connectivity index (χ1v) is 3.68. The van der Waals surface area contributed by atoms with Crippen LogP contribution in [-0.4, -0.2) is 5.97 Å². The van der Waals surface area contributed by atoms with Crippen molar-refractivity contribution in [2.24, 2.45) is 0 Å². The summed E-state index contributed by atoms with van der Waals surface area (Å²) in [6.45, 7) is 1.88. The van der Waals surface area contributed by atoms with Crippen LogP contribution in [-0.2, 0) is 0 Å². The molecule has 0 N–H and O–H groups in total. The fraction of sp³-hybridized carbons (Fsp3) is 0.100. The van der Waals surface area contributed by atoms with Crippen LogP contribution in [0.25, 0.3) is 6.08 Å². The summed E-state index contributed by atoms with van der Waals surface area (Å²) >= 11 is 0. The molecule has 0 unspecified atom stereocenters. The van der Waals surface area contributed by atoms with Crippen LogP contribution in [0.3, 0.4) is 0 Å². The standard InChI is InChI=1S/C10H10O2.Na/c1-2-4-8-5-3-6-9(7-8)10(11)12;/h2-7H,1H3,(H,11,12);/q;+1/p-1. The summed E-state index contributed by atoms with van der Waals surface area (Å²) in [5.74, 6) is -1.14. The number of carboxylic acid groups (broad SMARTS) is 1. The maximum absolute atomic E-state index is 10.4. The zero-order valence-electron chi connectivity index (χ0n) is 7.78. The summed E-state index contributed by atoms with van der Waals surface area (Å²) in [7, 11) is 0. The summed E-state index contributed by atoms with van der Waals surface area (Å²) in [5, 5.41) is 10.4. The minimum atomic E-state index is -1.14. The molecule has 1 aromatic carbocycles. The molecule has 0 heterocycles. The van der Waals surface area contributed by atoms with E-state index in [2.05, 4.69) is 0 Å². The van der Waals surface area contributed by atoms with Crippen molar-refractivity contribution >= 4 is 12.0 Å². The second-order valence-corrected chi connectivity index (χ2v) is 2.41. The third kappa shape index (κ3) is 3.77. The van der Waals surface area contributed by atoms with Crippen molar-refractivity contribution < 1.29 is 39.5 Å². The molecule has 1 rings (SSSR count). The number of carbonyl (C=O) groups excluding carboxylic acids is 1. The first-order chi connectivity index (χ1) is 5.74. The summed E-state index contributed by atoms with van der Waals surface area (Å²) < 4.78 is 0. The van der Waals surface area contributed by atoms with E-state index in [0.29, 0.717) is 0 Å². The quantitative estimate of drug-likeness (QED) is 0.503. The SMILES string of the molecule is CC=Cc1cccc(C(=O)[O-])c1.[Na+]. The molecule has 0 saturated heterocycles. The zero-order chi connectivity index (χ0) is 8.97. The van der Waals surface area contributed by atoms with Gasteiger partial charge >= 0.3 is 29.6 Å². The van der Waals surface area contributed by atoms with Crippen LogP contribution in [0, 0.1) is 0 Å². The minimum Gasteiger partial charge on any atom is -0.545 e. The number of allylic oxidation sites excluding steroid dienone is 1. The summed E-state index contributed by atoms with van der Waals surface area (Å²) in [6.07, 6.45) is 3.70. The van der Waals surface area contributed by atoms with Gasteiger partial charge in [0.2, 0.25) is 0 Å². The van der Waals surface area contributed by atoms with E-state index in [-0.39, 0.29) is 35.1 Å². The van der Waals surface area contributed by atoms with E-state index in [4.69, 9.17) is 0 Å². The van der Waals surface area contributed by atoms with Gasteiger partial charge in [-0.15, -0.1) is 0 Å². The van der Waals surface area contributed by atoms with E-state index in [1.54, 1.807) is 12.1 Å². The van der Waals surface area contributed by atoms with E-state index in [1.807, 2.05) is 25.1 Å². The molecule has 0 spiro atoms. The number of carbonyl (C=O) groups is 1. The zero-order valence-corrected chi connectivity index (χ0v) is 9.78. The van der Waals surface area contributed by atoms with Gasteiger partial charge in [0.15, 0.2) is 0 Å². The molecule has 0 aromatic heterocycles. The van der Waals surface area contributed by atoms with Crippen LogP contribution in [0.15, 0.2) is 30.3 Å². The summed E-state index contributed by atoms with van der Waals surface area (Å²) in [6, 6.07) is 6.63. The fourth-order valence-corrected chi connectivity index (χ4v) is 0.962. The van der Waals surface area contributed by atoms with Crippen molar-refractivity contribution in [3.05, 3.63) is 41.5 Å². The van der Waals surface area contributed by atoms with Crippen molar-refractivity contribution in [3.63, 3.8) is 0 Å². The monoisotopic (exact) mass is 184 g/mol. The van der Waals surface area contributed by atoms with Gasteiger partial charge in [-0.25, -0.2) is 0 Å². The number of carboxylic acids is 1. The smallest absolute Gasteiger partial charge is 0.545 e. The van der Waals surface area contributed by atoms with Gasteiger partial charge in [-0.1, -0.05) is 30.4 Å². The van der Waals surface area contributed by atoms with Crippen LogP contribution < -0.4 is 34.7 Å². The number of rotatable bonds is 2. The average molecular weight is 184 g/mol. The maximum atomic E-state index is 10.4. The van der Waals surface area contributed by atoms with Gasteiger partial charge in [-0.3, -0.25) is 0 Å². The molecule has 3 heteroatoms. The normalized spacial score (nSPS) is 9.62. The molecular formula is C10H9NaO2. The average Bonchev–Trinajstić information content (AvgIpc) is 2.05. The van der Waals surface area contributed by atoms with Gasteiger partial charge in [0.05, 0.1) is 5.97 Å². The van der Waals surface area contributed by atoms with Crippen molar-refractivity contribution in [1.29, 1.82) is 0 Å².